The monoisotopic (exact) mass is 445 g/mol. The second-order valence-corrected chi connectivity index (χ2v) is 8.90. The van der Waals surface area contributed by atoms with E-state index in [1.54, 1.807) is 29.0 Å². The summed E-state index contributed by atoms with van der Waals surface area (Å²) in [6.45, 7) is 4.22. The third-order valence-corrected chi connectivity index (χ3v) is 6.64. The Kier molecular flexibility index (Phi) is 5.06. The van der Waals surface area contributed by atoms with Crippen LogP contribution in [0.25, 0.3) is 11.3 Å². The number of hydrogen-bond acceptors (Lipinski definition) is 5. The Labute approximate surface area is 190 Å². The summed E-state index contributed by atoms with van der Waals surface area (Å²) in [6, 6.07) is 15.3. The number of phenols is 1. The van der Waals surface area contributed by atoms with E-state index in [1.807, 2.05) is 50.4 Å². The average Bonchev–Trinajstić information content (AvgIpc) is 3.48. The number of fused-ring (bicyclic) bond motifs is 1. The van der Waals surface area contributed by atoms with E-state index < -0.39 is 0 Å². The maximum Gasteiger partial charge on any atom is 0.273 e. The normalized spacial score (nSPS) is 15.4. The molecule has 6 nitrogen and oxygen atoms in total. The summed E-state index contributed by atoms with van der Waals surface area (Å²) >= 11 is 1.67. The fourth-order valence-corrected chi connectivity index (χ4v) is 4.92. The predicted molar refractivity (Wildman–Crippen MR) is 124 cm³/mol. The number of phenolic OH excluding ortho intramolecular Hbond substituents is 1. The van der Waals surface area contributed by atoms with Crippen molar-refractivity contribution in [1.29, 1.82) is 0 Å². The summed E-state index contributed by atoms with van der Waals surface area (Å²) in [6.07, 6.45) is 3.64. The van der Waals surface area contributed by atoms with E-state index in [-0.39, 0.29) is 17.7 Å². The quantitative estimate of drug-likeness (QED) is 0.399. The van der Waals surface area contributed by atoms with Gasteiger partial charge in [0.1, 0.15) is 22.9 Å². The second-order valence-electron chi connectivity index (χ2n) is 8.02. The van der Waals surface area contributed by atoms with Crippen LogP contribution in [0.3, 0.4) is 0 Å². The minimum atomic E-state index is -0.354. The van der Waals surface area contributed by atoms with Crippen molar-refractivity contribution < 1.29 is 14.3 Å². The van der Waals surface area contributed by atoms with Crippen molar-refractivity contribution in [3.8, 4) is 17.0 Å². The molecule has 0 saturated heterocycles. The molecule has 1 atom stereocenters. The zero-order chi connectivity index (χ0) is 22.4. The molecule has 0 bridgehead atoms. The molecule has 1 aliphatic heterocycles. The van der Waals surface area contributed by atoms with E-state index in [1.165, 1.54) is 0 Å². The average molecular weight is 446 g/mol. The van der Waals surface area contributed by atoms with Gasteiger partial charge in [0.15, 0.2) is 0 Å². The lowest BCUT2D eigenvalue weighted by atomic mass is 9.93. The van der Waals surface area contributed by atoms with Gasteiger partial charge in [-0.3, -0.25) is 9.89 Å². The van der Waals surface area contributed by atoms with E-state index in [2.05, 4.69) is 22.3 Å². The molecule has 4 aromatic rings. The summed E-state index contributed by atoms with van der Waals surface area (Å²) in [4.78, 5) is 16.4. The Balaban J connectivity index is 1.69. The molecule has 2 aromatic heterocycles. The third-order valence-electron chi connectivity index (χ3n) is 5.90. The molecule has 2 aromatic carbocycles. The smallest absolute Gasteiger partial charge is 0.273 e. The zero-order valence-electron chi connectivity index (χ0n) is 18.0. The van der Waals surface area contributed by atoms with Crippen LogP contribution >= 0.6 is 11.8 Å². The minimum absolute atomic E-state index is 0.140. The molecule has 0 spiro atoms. The maximum absolute atomic E-state index is 13.4. The fraction of sp³-hybridized carbons (Fsp3) is 0.200. The fourth-order valence-electron chi connectivity index (χ4n) is 4.51. The van der Waals surface area contributed by atoms with Gasteiger partial charge in [0.05, 0.1) is 18.8 Å². The summed E-state index contributed by atoms with van der Waals surface area (Å²) in [5, 5.41) is 18.2. The molecule has 2 N–H and O–H groups in total. The number of aromatic hydroxyl groups is 1. The van der Waals surface area contributed by atoms with E-state index in [4.69, 9.17) is 4.42 Å². The van der Waals surface area contributed by atoms with Crippen LogP contribution in [0.1, 0.15) is 44.5 Å². The molecule has 7 heteroatoms. The van der Waals surface area contributed by atoms with Gasteiger partial charge in [0, 0.05) is 16.0 Å². The summed E-state index contributed by atoms with van der Waals surface area (Å²) in [7, 11) is 0. The van der Waals surface area contributed by atoms with Crippen molar-refractivity contribution in [2.24, 2.45) is 0 Å². The van der Waals surface area contributed by atoms with Gasteiger partial charge in [-0.15, -0.1) is 11.8 Å². The van der Waals surface area contributed by atoms with E-state index in [0.29, 0.717) is 29.3 Å². The zero-order valence-corrected chi connectivity index (χ0v) is 18.9. The molecule has 0 aliphatic carbocycles. The van der Waals surface area contributed by atoms with Gasteiger partial charge in [-0.05, 0) is 67.1 Å². The number of aryl methyl sites for hydroxylation is 2. The van der Waals surface area contributed by atoms with Crippen molar-refractivity contribution in [3.05, 3.63) is 88.5 Å². The van der Waals surface area contributed by atoms with Crippen molar-refractivity contribution >= 4 is 17.7 Å². The predicted octanol–water partition coefficient (Wildman–Crippen LogP) is 5.46. The van der Waals surface area contributed by atoms with Gasteiger partial charge in [0.2, 0.25) is 0 Å². The number of nitrogens with zero attached hydrogens (tertiary/aromatic N) is 2. The minimum Gasteiger partial charge on any atom is -0.507 e. The van der Waals surface area contributed by atoms with E-state index in [9.17, 15) is 9.90 Å². The number of aromatic amines is 1. The number of H-pyrrole nitrogens is 1. The van der Waals surface area contributed by atoms with Crippen LogP contribution < -0.4 is 0 Å². The van der Waals surface area contributed by atoms with Crippen molar-refractivity contribution in [2.75, 3.05) is 6.26 Å². The van der Waals surface area contributed by atoms with Crippen LogP contribution in [0.4, 0.5) is 0 Å². The van der Waals surface area contributed by atoms with Gasteiger partial charge in [0.25, 0.3) is 5.91 Å². The highest BCUT2D eigenvalue weighted by molar-refractivity contribution is 7.98. The lowest BCUT2D eigenvalue weighted by molar-refractivity contribution is 0.0717. The Morgan fingerprint density at radius 2 is 1.97 bits per heavy atom. The van der Waals surface area contributed by atoms with Crippen LogP contribution in [0, 0.1) is 13.8 Å². The standard InChI is InChI=1S/C25H23N3O3S/c1-14-11-15(2)20(19(29)12-14)22-21-23(27-26-22)25(30)28(13-17-5-4-10-31-17)24(21)16-6-8-18(32-3)9-7-16/h4-12,24,29H,13H2,1-3H3,(H,26,27). The molecule has 3 heterocycles. The summed E-state index contributed by atoms with van der Waals surface area (Å²) in [5.41, 5.74) is 5.33. The number of hydrogen-bond donors (Lipinski definition) is 2. The third kappa shape index (κ3) is 3.29. The Hall–Kier alpha value is -3.45. The number of aromatic nitrogens is 2. The number of furan rings is 1. The molecule has 5 rings (SSSR count). The number of amides is 1. The van der Waals surface area contributed by atoms with Crippen LogP contribution in [-0.4, -0.2) is 32.4 Å². The Morgan fingerprint density at radius 3 is 2.62 bits per heavy atom. The van der Waals surface area contributed by atoms with Crippen LogP contribution in [0.2, 0.25) is 0 Å². The van der Waals surface area contributed by atoms with Crippen LogP contribution in [0.15, 0.2) is 64.1 Å². The largest absolute Gasteiger partial charge is 0.507 e. The van der Waals surface area contributed by atoms with E-state index >= 15 is 0 Å². The molecule has 1 amide bonds. The molecule has 32 heavy (non-hydrogen) atoms. The molecule has 162 valence electrons. The first-order chi connectivity index (χ1) is 15.5. The number of thioether (sulfide) groups is 1. The highest BCUT2D eigenvalue weighted by Crippen LogP contribution is 2.46. The molecule has 0 saturated carbocycles. The van der Waals surface area contributed by atoms with Gasteiger partial charge in [-0.2, -0.15) is 5.10 Å². The van der Waals surface area contributed by atoms with Gasteiger partial charge in [-0.25, -0.2) is 0 Å². The Bertz CT molecular complexity index is 1270. The number of carbonyl (C=O) groups excluding carboxylic acids is 1. The van der Waals surface area contributed by atoms with E-state index in [0.717, 1.165) is 27.1 Å². The van der Waals surface area contributed by atoms with Gasteiger partial charge >= 0.3 is 0 Å². The van der Waals surface area contributed by atoms with Crippen molar-refractivity contribution in [1.82, 2.24) is 15.1 Å². The number of nitrogens with one attached hydrogen (secondary N) is 1. The summed E-state index contributed by atoms with van der Waals surface area (Å²) in [5.74, 6) is 0.724. The number of rotatable bonds is 5. The maximum atomic E-state index is 13.4. The van der Waals surface area contributed by atoms with Crippen LogP contribution in [0.5, 0.6) is 5.75 Å². The first-order valence-corrected chi connectivity index (χ1v) is 11.6. The second kappa shape index (κ2) is 7.91. The first-order valence-electron chi connectivity index (χ1n) is 10.3. The summed E-state index contributed by atoms with van der Waals surface area (Å²) < 4.78 is 5.54. The molecule has 1 unspecified atom stereocenters. The topological polar surface area (TPSA) is 82.4 Å². The molecular weight excluding hydrogens is 422 g/mol. The molecule has 0 radical (unpaired) electrons. The van der Waals surface area contributed by atoms with Crippen LogP contribution in [-0.2, 0) is 6.54 Å². The van der Waals surface area contributed by atoms with Gasteiger partial charge in [-0.1, -0.05) is 18.2 Å². The first kappa shape index (κ1) is 20.5. The SMILES string of the molecule is CSc1ccc(C2c3c(-c4c(C)cc(C)cc4O)n[nH]c3C(=O)N2Cc2ccco2)cc1. The number of benzene rings is 2. The van der Waals surface area contributed by atoms with Gasteiger partial charge < -0.3 is 14.4 Å². The molecular formula is C25H23N3O3S. The lowest BCUT2D eigenvalue weighted by Crippen LogP contribution is -2.29. The van der Waals surface area contributed by atoms with Crippen molar-refractivity contribution in [2.45, 2.75) is 31.3 Å². The van der Waals surface area contributed by atoms with Crippen molar-refractivity contribution in [3.63, 3.8) is 0 Å². The molecule has 0 fully saturated rings. The Morgan fingerprint density at radius 1 is 1.19 bits per heavy atom. The lowest BCUT2D eigenvalue weighted by Gasteiger charge is -2.26. The number of carbonyl (C=O) groups is 1. The highest BCUT2D eigenvalue weighted by atomic mass is 32.2. The molecule has 1 aliphatic rings. The highest BCUT2D eigenvalue weighted by Gasteiger charge is 2.43.